The molecular weight excluding hydrogens is 293 g/mol. The van der Waals surface area contributed by atoms with Crippen LogP contribution in [0.5, 0.6) is 0 Å². The van der Waals surface area contributed by atoms with Crippen molar-refractivity contribution in [1.82, 2.24) is 0 Å². The summed E-state index contributed by atoms with van der Waals surface area (Å²) >= 11 is 3.97. The molecule has 0 unspecified atom stereocenters. The fourth-order valence-electron chi connectivity index (χ4n) is 1.35. The van der Waals surface area contributed by atoms with E-state index in [1.807, 2.05) is 13.0 Å². The highest BCUT2D eigenvalue weighted by Crippen LogP contribution is 2.30. The van der Waals surface area contributed by atoms with Gasteiger partial charge in [-0.25, -0.2) is 0 Å². The summed E-state index contributed by atoms with van der Waals surface area (Å²) in [4.78, 5) is 0. The largest absolute Gasteiger partial charge is 0.192 e. The Morgan fingerprint density at radius 1 is 1.46 bits per heavy atom. The molecule has 0 saturated carbocycles. The number of nitriles is 1. The molecular formula is C10H6INS. The van der Waals surface area contributed by atoms with Gasteiger partial charge in [-0.3, -0.25) is 0 Å². The standard InChI is InChI=1S/C10H6INS/c1-6-2-7(4-12)10-8(11)5-13-9(10)3-6/h2-3,5H,1H3. The number of aryl methyl sites for hydroxylation is 1. The van der Waals surface area contributed by atoms with Crippen LogP contribution in [0.1, 0.15) is 11.1 Å². The second-order valence-corrected chi connectivity index (χ2v) is 4.95. The predicted molar refractivity (Wildman–Crippen MR) is 64.0 cm³/mol. The first-order valence-corrected chi connectivity index (χ1v) is 5.75. The molecule has 2 aromatic rings. The van der Waals surface area contributed by atoms with Crippen molar-refractivity contribution in [2.24, 2.45) is 0 Å². The van der Waals surface area contributed by atoms with Gasteiger partial charge in [-0.15, -0.1) is 11.3 Å². The SMILES string of the molecule is Cc1cc(C#N)c2c(I)csc2c1. The summed E-state index contributed by atoms with van der Waals surface area (Å²) in [6, 6.07) is 6.31. The molecule has 64 valence electrons. The smallest absolute Gasteiger partial charge is 0.0998 e. The van der Waals surface area contributed by atoms with Crippen LogP contribution in [0.15, 0.2) is 17.5 Å². The molecule has 0 N–H and O–H groups in total. The predicted octanol–water partition coefficient (Wildman–Crippen LogP) is 3.69. The molecule has 0 aliphatic heterocycles. The Bertz CT molecular complexity index is 507. The zero-order valence-corrected chi connectivity index (χ0v) is 9.94. The first-order valence-electron chi connectivity index (χ1n) is 3.80. The van der Waals surface area contributed by atoms with Crippen LogP contribution in [-0.2, 0) is 0 Å². The van der Waals surface area contributed by atoms with Gasteiger partial charge in [-0.05, 0) is 47.2 Å². The second kappa shape index (κ2) is 3.28. The maximum absolute atomic E-state index is 8.95. The molecule has 1 aromatic heterocycles. The fraction of sp³-hybridized carbons (Fsp3) is 0.100. The highest BCUT2D eigenvalue weighted by Gasteiger charge is 2.07. The minimum atomic E-state index is 0.792. The molecule has 13 heavy (non-hydrogen) atoms. The second-order valence-electron chi connectivity index (χ2n) is 2.88. The van der Waals surface area contributed by atoms with Gasteiger partial charge in [0.2, 0.25) is 0 Å². The molecule has 0 radical (unpaired) electrons. The number of nitrogens with zero attached hydrogens (tertiary/aromatic N) is 1. The topological polar surface area (TPSA) is 23.8 Å². The van der Waals surface area contributed by atoms with Gasteiger partial charge in [-0.2, -0.15) is 5.26 Å². The Labute approximate surface area is 94.1 Å². The van der Waals surface area contributed by atoms with Gasteiger partial charge < -0.3 is 0 Å². The van der Waals surface area contributed by atoms with Crippen LogP contribution in [0.4, 0.5) is 0 Å². The molecule has 0 fully saturated rings. The molecule has 1 nitrogen and oxygen atoms in total. The van der Waals surface area contributed by atoms with Crippen LogP contribution in [0, 0.1) is 21.8 Å². The highest BCUT2D eigenvalue weighted by molar-refractivity contribution is 14.1. The van der Waals surface area contributed by atoms with E-state index in [0.29, 0.717) is 0 Å². The number of hydrogen-bond donors (Lipinski definition) is 0. The number of fused-ring (bicyclic) bond motifs is 1. The van der Waals surface area contributed by atoms with Crippen LogP contribution in [0.2, 0.25) is 0 Å². The van der Waals surface area contributed by atoms with E-state index in [1.165, 1.54) is 8.27 Å². The van der Waals surface area contributed by atoms with E-state index in [4.69, 9.17) is 5.26 Å². The van der Waals surface area contributed by atoms with E-state index >= 15 is 0 Å². The monoisotopic (exact) mass is 299 g/mol. The van der Waals surface area contributed by atoms with E-state index < -0.39 is 0 Å². The van der Waals surface area contributed by atoms with Gasteiger partial charge in [0.25, 0.3) is 0 Å². The molecule has 3 heteroatoms. The van der Waals surface area contributed by atoms with Crippen molar-refractivity contribution in [3.63, 3.8) is 0 Å². The lowest BCUT2D eigenvalue weighted by atomic mass is 10.1. The van der Waals surface area contributed by atoms with Crippen molar-refractivity contribution < 1.29 is 0 Å². The molecule has 0 bridgehead atoms. The third-order valence-corrected chi connectivity index (χ3v) is 4.10. The van der Waals surface area contributed by atoms with Gasteiger partial charge in [0.05, 0.1) is 11.6 Å². The van der Waals surface area contributed by atoms with Crippen molar-refractivity contribution in [3.05, 3.63) is 32.2 Å². The molecule has 0 aliphatic rings. The van der Waals surface area contributed by atoms with E-state index in [1.54, 1.807) is 11.3 Å². The van der Waals surface area contributed by atoms with Crippen LogP contribution in [0.25, 0.3) is 10.1 Å². The summed E-state index contributed by atoms with van der Waals surface area (Å²) in [7, 11) is 0. The fourth-order valence-corrected chi connectivity index (χ4v) is 3.44. The molecule has 0 amide bonds. The van der Waals surface area contributed by atoms with Crippen LogP contribution >= 0.6 is 33.9 Å². The maximum Gasteiger partial charge on any atom is 0.0998 e. The molecule has 1 aromatic carbocycles. The Morgan fingerprint density at radius 3 is 2.92 bits per heavy atom. The molecule has 0 atom stereocenters. The lowest BCUT2D eigenvalue weighted by Gasteiger charge is -1.96. The molecule has 1 heterocycles. The zero-order valence-electron chi connectivity index (χ0n) is 6.97. The van der Waals surface area contributed by atoms with E-state index in [9.17, 15) is 0 Å². The number of hydrogen-bond acceptors (Lipinski definition) is 2. The quantitative estimate of drug-likeness (QED) is 0.681. The van der Waals surface area contributed by atoms with Gasteiger partial charge in [0, 0.05) is 19.0 Å². The number of halogens is 1. The minimum absolute atomic E-state index is 0.792. The number of thiophene rings is 1. The van der Waals surface area contributed by atoms with Crippen LogP contribution in [0.3, 0.4) is 0 Å². The van der Waals surface area contributed by atoms with Crippen molar-refractivity contribution in [2.45, 2.75) is 6.92 Å². The Hall–Kier alpha value is -0.600. The highest BCUT2D eigenvalue weighted by atomic mass is 127. The van der Waals surface area contributed by atoms with Gasteiger partial charge in [0.15, 0.2) is 0 Å². The van der Waals surface area contributed by atoms with E-state index in [0.717, 1.165) is 16.5 Å². The van der Waals surface area contributed by atoms with E-state index in [2.05, 4.69) is 40.1 Å². The van der Waals surface area contributed by atoms with Crippen molar-refractivity contribution in [2.75, 3.05) is 0 Å². The first kappa shape index (κ1) is 8.97. The summed E-state index contributed by atoms with van der Waals surface area (Å²) in [5.41, 5.74) is 1.95. The third kappa shape index (κ3) is 1.45. The Kier molecular flexibility index (Phi) is 2.26. The van der Waals surface area contributed by atoms with Crippen molar-refractivity contribution in [3.8, 4) is 6.07 Å². The normalized spacial score (nSPS) is 10.2. The minimum Gasteiger partial charge on any atom is -0.192 e. The summed E-state index contributed by atoms with van der Waals surface area (Å²) in [5, 5.41) is 12.2. The summed E-state index contributed by atoms with van der Waals surface area (Å²) in [6.07, 6.45) is 0. The molecule has 0 saturated heterocycles. The maximum atomic E-state index is 8.95. The summed E-state index contributed by atoms with van der Waals surface area (Å²) in [5.74, 6) is 0. The van der Waals surface area contributed by atoms with Gasteiger partial charge in [0.1, 0.15) is 0 Å². The molecule has 0 aliphatic carbocycles. The van der Waals surface area contributed by atoms with Crippen LogP contribution < -0.4 is 0 Å². The molecule has 0 spiro atoms. The van der Waals surface area contributed by atoms with Crippen molar-refractivity contribution in [1.29, 1.82) is 5.26 Å². The zero-order chi connectivity index (χ0) is 9.42. The average Bonchev–Trinajstić information content (AvgIpc) is 2.46. The third-order valence-electron chi connectivity index (χ3n) is 1.90. The summed E-state index contributed by atoms with van der Waals surface area (Å²) in [6.45, 7) is 2.02. The average molecular weight is 299 g/mol. The molecule has 2 rings (SSSR count). The van der Waals surface area contributed by atoms with Gasteiger partial charge >= 0.3 is 0 Å². The van der Waals surface area contributed by atoms with Crippen molar-refractivity contribution >= 4 is 44.0 Å². The Morgan fingerprint density at radius 2 is 2.23 bits per heavy atom. The van der Waals surface area contributed by atoms with Gasteiger partial charge in [-0.1, -0.05) is 0 Å². The first-order chi connectivity index (χ1) is 6.22. The van der Waals surface area contributed by atoms with E-state index in [-0.39, 0.29) is 0 Å². The number of rotatable bonds is 0. The lowest BCUT2D eigenvalue weighted by molar-refractivity contribution is 1.46. The summed E-state index contributed by atoms with van der Waals surface area (Å²) < 4.78 is 2.38. The number of benzene rings is 1. The van der Waals surface area contributed by atoms with Crippen LogP contribution in [-0.4, -0.2) is 0 Å². The Balaban J connectivity index is 2.95. The lowest BCUT2D eigenvalue weighted by Crippen LogP contribution is -1.80.